The lowest BCUT2D eigenvalue weighted by atomic mass is 10.1. The predicted octanol–water partition coefficient (Wildman–Crippen LogP) is 3.38. The molecule has 2 aromatic carbocycles. The van der Waals surface area contributed by atoms with Crippen LogP contribution in [0.1, 0.15) is 13.8 Å². The molecule has 0 atom stereocenters. The lowest BCUT2D eigenvalue weighted by molar-refractivity contribution is -0.118. The highest BCUT2D eigenvalue weighted by Gasteiger charge is 2.16. The van der Waals surface area contributed by atoms with E-state index >= 15 is 0 Å². The molecule has 2 heterocycles. The molecule has 1 amide bonds. The van der Waals surface area contributed by atoms with Gasteiger partial charge in [-0.3, -0.25) is 9.52 Å². The van der Waals surface area contributed by atoms with Crippen molar-refractivity contribution in [2.45, 2.75) is 18.7 Å². The number of benzene rings is 2. The quantitative estimate of drug-likeness (QED) is 0.532. The average molecular weight is 482 g/mol. The summed E-state index contributed by atoms with van der Waals surface area (Å²) in [5.41, 5.74) is 2.34. The number of nitrogens with one attached hydrogen (secondary N) is 2. The lowest BCUT2D eigenvalue weighted by Gasteiger charge is -2.27. The number of carbonyl (C=O) groups is 1. The van der Waals surface area contributed by atoms with E-state index in [4.69, 9.17) is 4.74 Å². The van der Waals surface area contributed by atoms with Crippen LogP contribution in [0.15, 0.2) is 65.6 Å². The van der Waals surface area contributed by atoms with Crippen molar-refractivity contribution in [1.29, 1.82) is 0 Å². The summed E-state index contributed by atoms with van der Waals surface area (Å²) in [6.07, 6.45) is 0. The van der Waals surface area contributed by atoms with Gasteiger partial charge in [0.05, 0.1) is 23.8 Å². The number of rotatable bonds is 7. The van der Waals surface area contributed by atoms with Crippen LogP contribution in [0.3, 0.4) is 0 Å². The summed E-state index contributed by atoms with van der Waals surface area (Å²) in [5.74, 6) is 0.487. The Morgan fingerprint density at radius 2 is 1.71 bits per heavy atom. The lowest BCUT2D eigenvalue weighted by Crippen LogP contribution is -2.36. The highest BCUT2D eigenvalue weighted by Crippen LogP contribution is 2.24. The van der Waals surface area contributed by atoms with E-state index in [1.807, 2.05) is 18.2 Å². The third-order valence-corrected chi connectivity index (χ3v) is 6.75. The summed E-state index contributed by atoms with van der Waals surface area (Å²) in [5, 5.41) is 11.4. The van der Waals surface area contributed by atoms with Gasteiger partial charge in [0, 0.05) is 35.9 Å². The standard InChI is InChI=1S/C24H27N5O4S/c1-17(2)24(30)25-19-6-8-21(9-7-19)34(31,32)28-20-5-3-4-18(16-20)22-10-11-23(27-26-22)29-12-14-33-15-13-29/h3-11,16-17,28H,12-15H2,1-2H3,(H,25,30). The van der Waals surface area contributed by atoms with Crippen LogP contribution < -0.4 is 14.9 Å². The predicted molar refractivity (Wildman–Crippen MR) is 131 cm³/mol. The zero-order chi connectivity index (χ0) is 24.1. The van der Waals surface area contributed by atoms with E-state index in [1.165, 1.54) is 12.1 Å². The third-order valence-electron chi connectivity index (χ3n) is 5.35. The number of ether oxygens (including phenoxy) is 1. The second kappa shape index (κ2) is 10.2. The third kappa shape index (κ3) is 5.70. The van der Waals surface area contributed by atoms with Crippen LogP contribution >= 0.6 is 0 Å². The zero-order valence-corrected chi connectivity index (χ0v) is 19.9. The SMILES string of the molecule is CC(C)C(=O)Nc1ccc(S(=O)(=O)Nc2cccc(-c3ccc(N4CCOCC4)nn3)c2)cc1. The summed E-state index contributed by atoms with van der Waals surface area (Å²) in [6.45, 7) is 6.46. The van der Waals surface area contributed by atoms with Gasteiger partial charge in [-0.1, -0.05) is 26.0 Å². The number of morpholine rings is 1. The first-order valence-electron chi connectivity index (χ1n) is 11.0. The number of nitrogens with zero attached hydrogens (tertiary/aromatic N) is 3. The number of hydrogen-bond donors (Lipinski definition) is 2. The van der Waals surface area contributed by atoms with Crippen molar-refractivity contribution in [2.75, 3.05) is 41.2 Å². The summed E-state index contributed by atoms with van der Waals surface area (Å²) in [6, 6.07) is 16.8. The van der Waals surface area contributed by atoms with Crippen LogP contribution in [-0.2, 0) is 19.6 Å². The molecule has 0 aliphatic carbocycles. The second-order valence-electron chi connectivity index (χ2n) is 8.23. The highest BCUT2D eigenvalue weighted by molar-refractivity contribution is 7.92. The number of anilines is 3. The minimum Gasteiger partial charge on any atom is -0.378 e. The fraction of sp³-hybridized carbons (Fsp3) is 0.292. The highest BCUT2D eigenvalue weighted by atomic mass is 32.2. The van der Waals surface area contributed by atoms with Gasteiger partial charge in [-0.25, -0.2) is 8.42 Å². The molecule has 2 N–H and O–H groups in total. The molecular weight excluding hydrogens is 454 g/mol. The van der Waals surface area contributed by atoms with Crippen molar-refractivity contribution in [3.8, 4) is 11.3 Å². The van der Waals surface area contributed by atoms with Gasteiger partial charge in [-0.15, -0.1) is 10.2 Å². The van der Waals surface area contributed by atoms with E-state index in [0.717, 1.165) is 24.5 Å². The van der Waals surface area contributed by atoms with Crippen molar-refractivity contribution in [3.63, 3.8) is 0 Å². The first kappa shape index (κ1) is 23.7. The van der Waals surface area contributed by atoms with E-state index in [9.17, 15) is 13.2 Å². The zero-order valence-electron chi connectivity index (χ0n) is 19.1. The fourth-order valence-electron chi connectivity index (χ4n) is 3.40. The Labute approximate surface area is 199 Å². The molecule has 1 aliphatic rings. The Balaban J connectivity index is 1.46. The topological polar surface area (TPSA) is 114 Å². The number of hydrogen-bond acceptors (Lipinski definition) is 7. The van der Waals surface area contributed by atoms with Crippen LogP contribution in [0.4, 0.5) is 17.2 Å². The summed E-state index contributed by atoms with van der Waals surface area (Å²) >= 11 is 0. The maximum absolute atomic E-state index is 12.9. The Hall–Kier alpha value is -3.50. The smallest absolute Gasteiger partial charge is 0.261 e. The van der Waals surface area contributed by atoms with Crippen molar-refractivity contribution in [1.82, 2.24) is 10.2 Å². The van der Waals surface area contributed by atoms with Gasteiger partial charge in [0.1, 0.15) is 0 Å². The van der Waals surface area contributed by atoms with E-state index in [-0.39, 0.29) is 16.7 Å². The molecule has 0 radical (unpaired) electrons. The van der Waals surface area contributed by atoms with Crippen LogP contribution in [0.25, 0.3) is 11.3 Å². The first-order chi connectivity index (χ1) is 16.3. The molecule has 3 aromatic rings. The van der Waals surface area contributed by atoms with Crippen molar-refractivity contribution < 1.29 is 17.9 Å². The number of carbonyl (C=O) groups excluding carboxylic acids is 1. The maximum atomic E-state index is 12.9. The molecule has 4 rings (SSSR count). The number of aromatic nitrogens is 2. The largest absolute Gasteiger partial charge is 0.378 e. The Morgan fingerprint density at radius 3 is 2.35 bits per heavy atom. The summed E-state index contributed by atoms with van der Waals surface area (Å²) in [7, 11) is -3.81. The van der Waals surface area contributed by atoms with Crippen molar-refractivity contribution in [3.05, 3.63) is 60.7 Å². The van der Waals surface area contributed by atoms with Gasteiger partial charge in [0.25, 0.3) is 10.0 Å². The fourth-order valence-corrected chi connectivity index (χ4v) is 4.45. The average Bonchev–Trinajstić information content (AvgIpc) is 2.85. The molecule has 0 spiro atoms. The first-order valence-corrected chi connectivity index (χ1v) is 12.5. The molecule has 10 heteroatoms. The molecular formula is C24H27N5O4S. The molecule has 0 bridgehead atoms. The van der Waals surface area contributed by atoms with E-state index in [0.29, 0.717) is 30.3 Å². The summed E-state index contributed by atoms with van der Waals surface area (Å²) in [4.78, 5) is 14.0. The van der Waals surface area contributed by atoms with Gasteiger partial charge in [-0.05, 0) is 48.5 Å². The van der Waals surface area contributed by atoms with Crippen molar-refractivity contribution >= 4 is 33.1 Å². The van der Waals surface area contributed by atoms with Gasteiger partial charge >= 0.3 is 0 Å². The molecule has 0 saturated carbocycles. The van der Waals surface area contributed by atoms with Gasteiger partial charge in [0.2, 0.25) is 5.91 Å². The number of sulfonamides is 1. The van der Waals surface area contributed by atoms with Gasteiger partial charge < -0.3 is 15.0 Å². The minimum absolute atomic E-state index is 0.0927. The molecule has 178 valence electrons. The normalized spacial score (nSPS) is 14.1. The van der Waals surface area contributed by atoms with Crippen LogP contribution in [-0.4, -0.2) is 50.8 Å². The Bertz CT molecular complexity index is 1240. The van der Waals surface area contributed by atoms with Gasteiger partial charge in [-0.2, -0.15) is 0 Å². The molecule has 1 saturated heterocycles. The van der Waals surface area contributed by atoms with Gasteiger partial charge in [0.15, 0.2) is 5.82 Å². The Kier molecular flexibility index (Phi) is 7.09. The maximum Gasteiger partial charge on any atom is 0.261 e. The van der Waals surface area contributed by atoms with E-state index < -0.39 is 10.0 Å². The summed E-state index contributed by atoms with van der Waals surface area (Å²) < 4.78 is 33.7. The van der Waals surface area contributed by atoms with Crippen molar-refractivity contribution in [2.24, 2.45) is 5.92 Å². The molecule has 9 nitrogen and oxygen atoms in total. The second-order valence-corrected chi connectivity index (χ2v) is 9.91. The molecule has 1 fully saturated rings. The van der Waals surface area contributed by atoms with E-state index in [1.54, 1.807) is 44.2 Å². The molecule has 1 aromatic heterocycles. The number of amides is 1. The Morgan fingerprint density at radius 1 is 0.971 bits per heavy atom. The van der Waals surface area contributed by atoms with Crippen LogP contribution in [0, 0.1) is 5.92 Å². The van der Waals surface area contributed by atoms with Crippen LogP contribution in [0.2, 0.25) is 0 Å². The van der Waals surface area contributed by atoms with Crippen LogP contribution in [0.5, 0.6) is 0 Å². The monoisotopic (exact) mass is 481 g/mol. The molecule has 0 unspecified atom stereocenters. The molecule has 34 heavy (non-hydrogen) atoms. The molecule has 1 aliphatic heterocycles. The minimum atomic E-state index is -3.81. The van der Waals surface area contributed by atoms with E-state index in [2.05, 4.69) is 25.1 Å².